The molecule has 39 heavy (non-hydrogen) atoms. The summed E-state index contributed by atoms with van der Waals surface area (Å²) < 4.78 is 17.1. The molecule has 1 aliphatic heterocycles. The van der Waals surface area contributed by atoms with Crippen LogP contribution in [0.15, 0.2) is 65.6 Å². The number of thiocarbonyl (C=S) groups is 1. The molecule has 0 aliphatic carbocycles. The van der Waals surface area contributed by atoms with E-state index < -0.39 is 0 Å². The SMILES string of the molecule is CCOc1cc(/C=C2\SC(=S)N(c3ccc(OC)cc3)C2=O)cc(Cl)c1OCC(=O)Nc1ccc(CC)cc1. The summed E-state index contributed by atoms with van der Waals surface area (Å²) in [6, 6.07) is 18.1. The van der Waals surface area contributed by atoms with Crippen molar-refractivity contribution in [3.63, 3.8) is 0 Å². The minimum atomic E-state index is -0.330. The summed E-state index contributed by atoms with van der Waals surface area (Å²) >= 11 is 13.2. The fourth-order valence-electron chi connectivity index (χ4n) is 3.81. The predicted octanol–water partition coefficient (Wildman–Crippen LogP) is 6.73. The molecule has 0 unspecified atom stereocenters. The van der Waals surface area contributed by atoms with Gasteiger partial charge in [0.25, 0.3) is 11.8 Å². The zero-order valence-electron chi connectivity index (χ0n) is 21.7. The van der Waals surface area contributed by atoms with E-state index in [1.165, 1.54) is 22.2 Å². The van der Waals surface area contributed by atoms with Gasteiger partial charge in [0.15, 0.2) is 22.4 Å². The van der Waals surface area contributed by atoms with Crippen molar-refractivity contribution >= 4 is 69.2 Å². The van der Waals surface area contributed by atoms with Crippen molar-refractivity contribution in [2.75, 3.05) is 30.5 Å². The average Bonchev–Trinajstić information content (AvgIpc) is 3.21. The van der Waals surface area contributed by atoms with E-state index in [-0.39, 0.29) is 29.2 Å². The predicted molar refractivity (Wildman–Crippen MR) is 161 cm³/mol. The second-order valence-electron chi connectivity index (χ2n) is 8.37. The molecule has 0 spiro atoms. The van der Waals surface area contributed by atoms with Crippen LogP contribution in [0.1, 0.15) is 25.0 Å². The number of halogens is 1. The van der Waals surface area contributed by atoms with Gasteiger partial charge in [-0.05, 0) is 79.1 Å². The van der Waals surface area contributed by atoms with Crippen LogP contribution in [0.3, 0.4) is 0 Å². The zero-order valence-corrected chi connectivity index (χ0v) is 24.0. The summed E-state index contributed by atoms with van der Waals surface area (Å²) in [5.74, 6) is 0.723. The van der Waals surface area contributed by atoms with Gasteiger partial charge in [0.05, 0.1) is 29.3 Å². The van der Waals surface area contributed by atoms with Crippen molar-refractivity contribution in [3.05, 3.63) is 81.7 Å². The summed E-state index contributed by atoms with van der Waals surface area (Å²) in [4.78, 5) is 27.6. The van der Waals surface area contributed by atoms with Crippen molar-refractivity contribution in [2.45, 2.75) is 20.3 Å². The van der Waals surface area contributed by atoms with Crippen LogP contribution in [0.25, 0.3) is 6.08 Å². The number of hydrogen-bond donors (Lipinski definition) is 1. The maximum absolute atomic E-state index is 13.2. The van der Waals surface area contributed by atoms with E-state index >= 15 is 0 Å². The molecular weight excluding hydrogens is 556 g/mol. The van der Waals surface area contributed by atoms with E-state index in [1.807, 2.05) is 31.2 Å². The van der Waals surface area contributed by atoms with Gasteiger partial charge >= 0.3 is 0 Å². The summed E-state index contributed by atoms with van der Waals surface area (Å²) in [6.45, 7) is 4.00. The Labute approximate surface area is 242 Å². The van der Waals surface area contributed by atoms with Crippen molar-refractivity contribution in [1.29, 1.82) is 0 Å². The lowest BCUT2D eigenvalue weighted by Crippen LogP contribution is -2.27. The number of nitrogens with one attached hydrogen (secondary N) is 1. The highest BCUT2D eigenvalue weighted by molar-refractivity contribution is 8.27. The largest absolute Gasteiger partial charge is 0.497 e. The molecule has 10 heteroatoms. The van der Waals surface area contributed by atoms with E-state index in [0.717, 1.165) is 6.42 Å². The Balaban J connectivity index is 1.49. The first-order chi connectivity index (χ1) is 18.8. The van der Waals surface area contributed by atoms with Crippen LogP contribution in [-0.4, -0.2) is 36.5 Å². The van der Waals surface area contributed by atoms with Crippen LogP contribution < -0.4 is 24.4 Å². The van der Waals surface area contributed by atoms with Gasteiger partial charge in [-0.3, -0.25) is 14.5 Å². The molecule has 1 N–H and O–H groups in total. The highest BCUT2D eigenvalue weighted by Gasteiger charge is 2.33. The lowest BCUT2D eigenvalue weighted by Gasteiger charge is -2.15. The van der Waals surface area contributed by atoms with Crippen molar-refractivity contribution in [1.82, 2.24) is 0 Å². The maximum Gasteiger partial charge on any atom is 0.270 e. The Bertz CT molecular complexity index is 1410. The molecule has 3 aromatic rings. The first kappa shape index (κ1) is 28.5. The maximum atomic E-state index is 13.2. The lowest BCUT2D eigenvalue weighted by atomic mass is 10.1. The minimum absolute atomic E-state index is 0.242. The van der Waals surface area contributed by atoms with Crippen LogP contribution in [-0.2, 0) is 16.0 Å². The van der Waals surface area contributed by atoms with Crippen LogP contribution in [0, 0.1) is 0 Å². The number of anilines is 2. The second kappa shape index (κ2) is 13.0. The zero-order chi connectivity index (χ0) is 27.9. The van der Waals surface area contributed by atoms with Gasteiger partial charge in [0.1, 0.15) is 5.75 Å². The fourth-order valence-corrected chi connectivity index (χ4v) is 5.38. The molecule has 4 rings (SSSR count). The van der Waals surface area contributed by atoms with Gasteiger partial charge < -0.3 is 19.5 Å². The van der Waals surface area contributed by atoms with E-state index in [2.05, 4.69) is 12.2 Å². The number of carbonyl (C=O) groups excluding carboxylic acids is 2. The monoisotopic (exact) mass is 582 g/mol. The van der Waals surface area contributed by atoms with Gasteiger partial charge in [0.2, 0.25) is 0 Å². The third-order valence-corrected chi connectivity index (χ3v) is 7.33. The molecule has 7 nitrogen and oxygen atoms in total. The van der Waals surface area contributed by atoms with Gasteiger partial charge in [-0.2, -0.15) is 0 Å². The molecule has 202 valence electrons. The Morgan fingerprint density at radius 3 is 2.44 bits per heavy atom. The molecule has 0 aromatic heterocycles. The number of rotatable bonds is 10. The van der Waals surface area contributed by atoms with Crippen LogP contribution in [0.4, 0.5) is 11.4 Å². The molecule has 0 radical (unpaired) electrons. The van der Waals surface area contributed by atoms with Crippen molar-refractivity contribution in [2.24, 2.45) is 0 Å². The summed E-state index contributed by atoms with van der Waals surface area (Å²) in [5.41, 5.74) is 3.14. The Morgan fingerprint density at radius 2 is 1.79 bits per heavy atom. The Kier molecular flexibility index (Phi) is 9.50. The number of nitrogens with zero attached hydrogens (tertiary/aromatic N) is 1. The number of benzene rings is 3. The third kappa shape index (κ3) is 6.92. The normalized spacial score (nSPS) is 14.1. The van der Waals surface area contributed by atoms with Crippen LogP contribution in [0.2, 0.25) is 5.02 Å². The van der Waals surface area contributed by atoms with Crippen molar-refractivity contribution in [3.8, 4) is 17.2 Å². The molecule has 0 saturated carbocycles. The van der Waals surface area contributed by atoms with Gasteiger partial charge in [-0.25, -0.2) is 0 Å². The summed E-state index contributed by atoms with van der Waals surface area (Å²) in [7, 11) is 1.58. The van der Waals surface area contributed by atoms with Crippen molar-refractivity contribution < 1.29 is 23.8 Å². The van der Waals surface area contributed by atoms with Crippen LogP contribution in [0.5, 0.6) is 17.2 Å². The molecule has 3 aromatic carbocycles. The smallest absolute Gasteiger partial charge is 0.270 e. The quantitative estimate of drug-likeness (QED) is 0.210. The number of carbonyl (C=O) groups is 2. The van der Waals surface area contributed by atoms with E-state index in [0.29, 0.717) is 44.3 Å². The number of amides is 2. The van der Waals surface area contributed by atoms with Crippen LogP contribution >= 0.6 is 35.6 Å². The molecule has 2 amide bonds. The average molecular weight is 583 g/mol. The van der Waals surface area contributed by atoms with E-state index in [1.54, 1.807) is 49.6 Å². The topological polar surface area (TPSA) is 77.1 Å². The number of hydrogen-bond acceptors (Lipinski definition) is 7. The van der Waals surface area contributed by atoms with Gasteiger partial charge in [-0.15, -0.1) is 0 Å². The second-order valence-corrected chi connectivity index (χ2v) is 10.4. The number of aryl methyl sites for hydroxylation is 1. The third-order valence-electron chi connectivity index (χ3n) is 5.75. The first-order valence-electron chi connectivity index (χ1n) is 12.2. The summed E-state index contributed by atoms with van der Waals surface area (Å²) in [5, 5.41) is 3.05. The molecule has 0 atom stereocenters. The highest BCUT2D eigenvalue weighted by Crippen LogP contribution is 2.40. The molecule has 1 fully saturated rings. The molecule has 1 aliphatic rings. The number of ether oxygens (including phenoxy) is 3. The highest BCUT2D eigenvalue weighted by atomic mass is 35.5. The van der Waals surface area contributed by atoms with Gasteiger partial charge in [-0.1, -0.05) is 54.6 Å². The standard InChI is InChI=1S/C29H27ClN2O5S2/c1-4-18-6-8-20(9-7-18)31-26(33)17-37-27-23(30)14-19(15-24(27)36-5-2)16-25-28(34)32(29(38)39-25)21-10-12-22(35-3)13-11-21/h6-16H,4-5,17H2,1-3H3,(H,31,33)/b25-16-. The molecular formula is C29H27ClN2O5S2. The van der Waals surface area contributed by atoms with E-state index in [9.17, 15) is 9.59 Å². The molecule has 1 saturated heterocycles. The molecule has 1 heterocycles. The Morgan fingerprint density at radius 1 is 1.08 bits per heavy atom. The lowest BCUT2D eigenvalue weighted by molar-refractivity contribution is -0.118. The molecule has 0 bridgehead atoms. The fraction of sp³-hybridized carbons (Fsp3) is 0.207. The number of thioether (sulfide) groups is 1. The first-order valence-corrected chi connectivity index (χ1v) is 13.8. The minimum Gasteiger partial charge on any atom is -0.497 e. The van der Waals surface area contributed by atoms with E-state index in [4.69, 9.17) is 38.0 Å². The number of methoxy groups -OCH3 is 1. The summed E-state index contributed by atoms with van der Waals surface area (Å²) in [6.07, 6.45) is 2.62. The van der Waals surface area contributed by atoms with Gasteiger partial charge in [0, 0.05) is 5.69 Å². The Hall–Kier alpha value is -3.53.